The molecule has 2 amide bonds. The fourth-order valence-corrected chi connectivity index (χ4v) is 5.03. The summed E-state index contributed by atoms with van der Waals surface area (Å²) >= 11 is 0. The summed E-state index contributed by atoms with van der Waals surface area (Å²) in [5.41, 5.74) is 0.290. The van der Waals surface area contributed by atoms with Gasteiger partial charge >= 0.3 is 11.9 Å². The number of hydrogen-bond acceptors (Lipinski definition) is 7. The van der Waals surface area contributed by atoms with Crippen LogP contribution in [0.1, 0.15) is 64.9 Å². The van der Waals surface area contributed by atoms with Crippen molar-refractivity contribution in [3.05, 3.63) is 48.0 Å². The lowest BCUT2D eigenvalue weighted by atomic mass is 9.95. The first-order valence-electron chi connectivity index (χ1n) is 13.8. The van der Waals surface area contributed by atoms with Gasteiger partial charge in [0.25, 0.3) is 0 Å². The van der Waals surface area contributed by atoms with Crippen LogP contribution in [0.3, 0.4) is 0 Å². The van der Waals surface area contributed by atoms with E-state index in [4.69, 9.17) is 9.47 Å². The van der Waals surface area contributed by atoms with Crippen LogP contribution in [0.5, 0.6) is 0 Å². The van der Waals surface area contributed by atoms with Gasteiger partial charge in [0.2, 0.25) is 11.8 Å². The van der Waals surface area contributed by atoms with Crippen LogP contribution >= 0.6 is 0 Å². The minimum Gasteiger partial charge on any atom is -0.463 e. The van der Waals surface area contributed by atoms with Crippen molar-refractivity contribution < 1.29 is 33.8 Å². The Balaban J connectivity index is 1.76. The molecule has 1 aromatic rings. The second-order valence-corrected chi connectivity index (χ2v) is 11.3. The molecule has 0 aliphatic carbocycles. The van der Waals surface area contributed by atoms with Crippen LogP contribution in [0.2, 0.25) is 0 Å². The first kappa shape index (κ1) is 30.3. The van der Waals surface area contributed by atoms with Crippen LogP contribution in [-0.2, 0) is 35.2 Å². The number of allylic oxidation sites excluding steroid dienone is 2. The monoisotopic (exact) mass is 542 g/mol. The Labute approximate surface area is 231 Å². The Kier molecular flexibility index (Phi) is 11.1. The highest BCUT2D eigenvalue weighted by atomic mass is 16.6. The molecular weight excluding hydrogens is 500 g/mol. The zero-order chi connectivity index (χ0) is 28.4. The van der Waals surface area contributed by atoms with Crippen molar-refractivity contribution in [2.24, 2.45) is 11.8 Å². The van der Waals surface area contributed by atoms with Gasteiger partial charge in [0, 0.05) is 26.1 Å². The molecular formula is C30H42N2O7. The SMILES string of the molecule is CC(C)(C)OC(=O)C[C@H]1C/C=C\C[C@H](CC(=O)N(CCO)Cc2ccccc2)C(=O)N2CCC[C@H]2COC1=O. The maximum absolute atomic E-state index is 13.6. The Hall–Kier alpha value is -3.20. The van der Waals surface area contributed by atoms with Crippen molar-refractivity contribution in [1.29, 1.82) is 0 Å². The van der Waals surface area contributed by atoms with Gasteiger partial charge in [-0.1, -0.05) is 42.5 Å². The van der Waals surface area contributed by atoms with Gasteiger partial charge in [0.05, 0.1) is 30.9 Å². The highest BCUT2D eigenvalue weighted by Gasteiger charge is 2.36. The molecule has 1 fully saturated rings. The molecule has 2 aliphatic heterocycles. The molecule has 0 radical (unpaired) electrons. The van der Waals surface area contributed by atoms with Gasteiger partial charge in [-0.3, -0.25) is 19.2 Å². The number of esters is 2. The van der Waals surface area contributed by atoms with Gasteiger partial charge in [-0.05, 0) is 52.0 Å². The van der Waals surface area contributed by atoms with E-state index in [1.165, 1.54) is 0 Å². The fraction of sp³-hybridized carbons (Fsp3) is 0.600. The standard InChI is InChI=1S/C30H42N2O7/c1-30(2,3)39-27(35)19-24-13-8-7-12-23(28(36)32-15-9-14-25(32)21-38-29(24)37)18-26(34)31(16-17-33)20-22-10-5-4-6-11-22/h4-8,10-11,23-25,33H,9,12-21H2,1-3H3/b8-7-/t23-,24-,25+/m1/s1. The number of cyclic esters (lactones) is 1. The molecule has 3 atom stereocenters. The van der Waals surface area contributed by atoms with Crippen LogP contribution in [0.25, 0.3) is 0 Å². The third-order valence-corrected chi connectivity index (χ3v) is 6.96. The molecule has 2 heterocycles. The summed E-state index contributed by atoms with van der Waals surface area (Å²) in [6, 6.07) is 9.28. The number of amides is 2. The van der Waals surface area contributed by atoms with Gasteiger partial charge in [0.15, 0.2) is 0 Å². The largest absolute Gasteiger partial charge is 0.463 e. The molecule has 0 aromatic heterocycles. The highest BCUT2D eigenvalue weighted by molar-refractivity contribution is 5.86. The van der Waals surface area contributed by atoms with Crippen molar-refractivity contribution in [1.82, 2.24) is 9.80 Å². The van der Waals surface area contributed by atoms with Crippen molar-refractivity contribution in [3.8, 4) is 0 Å². The van der Waals surface area contributed by atoms with Gasteiger partial charge in [-0.25, -0.2) is 0 Å². The van der Waals surface area contributed by atoms with E-state index in [0.29, 0.717) is 25.9 Å². The second-order valence-electron chi connectivity index (χ2n) is 11.3. The molecule has 214 valence electrons. The lowest BCUT2D eigenvalue weighted by Crippen LogP contribution is -2.44. The molecule has 0 saturated carbocycles. The van der Waals surface area contributed by atoms with E-state index in [0.717, 1.165) is 12.0 Å². The normalized spacial score (nSPS) is 23.2. The van der Waals surface area contributed by atoms with E-state index < -0.39 is 29.4 Å². The summed E-state index contributed by atoms with van der Waals surface area (Å²) in [6.45, 7) is 6.29. The molecule has 0 bridgehead atoms. The second kappa shape index (κ2) is 14.3. The first-order chi connectivity index (χ1) is 18.6. The summed E-state index contributed by atoms with van der Waals surface area (Å²) < 4.78 is 11.0. The third kappa shape index (κ3) is 9.49. The topological polar surface area (TPSA) is 113 Å². The minimum atomic E-state index is -0.688. The van der Waals surface area contributed by atoms with Crippen LogP contribution in [0.15, 0.2) is 42.5 Å². The number of hydrogen-bond donors (Lipinski definition) is 1. The molecule has 9 nitrogen and oxygen atoms in total. The maximum Gasteiger partial charge on any atom is 0.309 e. The van der Waals surface area contributed by atoms with E-state index in [9.17, 15) is 24.3 Å². The van der Waals surface area contributed by atoms with E-state index in [1.54, 1.807) is 36.6 Å². The van der Waals surface area contributed by atoms with Crippen LogP contribution < -0.4 is 0 Å². The van der Waals surface area contributed by atoms with Gasteiger partial charge < -0.3 is 24.4 Å². The number of nitrogens with zero attached hydrogens (tertiary/aromatic N) is 2. The van der Waals surface area contributed by atoms with Crippen molar-refractivity contribution >= 4 is 23.8 Å². The molecule has 0 unspecified atom stereocenters. The van der Waals surface area contributed by atoms with Crippen molar-refractivity contribution in [2.45, 2.75) is 77.5 Å². The molecule has 9 heteroatoms. The van der Waals surface area contributed by atoms with Crippen molar-refractivity contribution in [3.63, 3.8) is 0 Å². The van der Waals surface area contributed by atoms with Gasteiger partial charge in [0.1, 0.15) is 12.2 Å². The van der Waals surface area contributed by atoms with E-state index >= 15 is 0 Å². The number of rotatable bonds is 8. The maximum atomic E-state index is 13.6. The zero-order valence-corrected chi connectivity index (χ0v) is 23.3. The predicted octanol–water partition coefficient (Wildman–Crippen LogP) is 3.25. The fourth-order valence-electron chi connectivity index (χ4n) is 5.03. The number of aliphatic hydroxyl groups is 1. The summed E-state index contributed by atoms with van der Waals surface area (Å²) in [7, 11) is 0. The lowest BCUT2D eigenvalue weighted by molar-refractivity contribution is -0.162. The number of aliphatic hydroxyl groups excluding tert-OH is 1. The molecule has 2 aliphatic rings. The average molecular weight is 543 g/mol. The highest BCUT2D eigenvalue weighted by Crippen LogP contribution is 2.26. The predicted molar refractivity (Wildman–Crippen MR) is 145 cm³/mol. The van der Waals surface area contributed by atoms with Gasteiger partial charge in [-0.15, -0.1) is 0 Å². The third-order valence-electron chi connectivity index (χ3n) is 6.96. The van der Waals surface area contributed by atoms with Crippen LogP contribution in [0, 0.1) is 11.8 Å². The smallest absolute Gasteiger partial charge is 0.309 e. The molecule has 1 saturated heterocycles. The minimum absolute atomic E-state index is 0.0142. The number of benzene rings is 1. The summed E-state index contributed by atoms with van der Waals surface area (Å²) in [5, 5.41) is 9.57. The lowest BCUT2D eigenvalue weighted by Gasteiger charge is -2.30. The van der Waals surface area contributed by atoms with E-state index in [2.05, 4.69) is 0 Å². The Morgan fingerprint density at radius 3 is 2.44 bits per heavy atom. The summed E-state index contributed by atoms with van der Waals surface area (Å²) in [4.78, 5) is 55.6. The first-order valence-corrected chi connectivity index (χ1v) is 13.8. The zero-order valence-electron chi connectivity index (χ0n) is 23.3. The number of ether oxygens (including phenoxy) is 2. The van der Waals surface area contributed by atoms with Crippen LogP contribution in [0.4, 0.5) is 0 Å². The van der Waals surface area contributed by atoms with Gasteiger partial charge in [-0.2, -0.15) is 0 Å². The average Bonchev–Trinajstić information content (AvgIpc) is 3.35. The summed E-state index contributed by atoms with van der Waals surface area (Å²) in [6.07, 6.45) is 5.61. The number of carbonyl (C=O) groups is 4. The summed E-state index contributed by atoms with van der Waals surface area (Å²) in [5.74, 6) is -2.53. The molecule has 1 N–H and O–H groups in total. The Morgan fingerprint density at radius 2 is 1.77 bits per heavy atom. The van der Waals surface area contributed by atoms with E-state index in [-0.39, 0.29) is 56.9 Å². The molecule has 39 heavy (non-hydrogen) atoms. The molecule has 0 spiro atoms. The van der Waals surface area contributed by atoms with E-state index in [1.807, 2.05) is 36.4 Å². The Bertz CT molecular complexity index is 1020. The molecule has 1 aromatic carbocycles. The molecule has 3 rings (SSSR count). The Morgan fingerprint density at radius 1 is 1.08 bits per heavy atom. The number of carbonyl (C=O) groups excluding carboxylic acids is 4. The van der Waals surface area contributed by atoms with Crippen molar-refractivity contribution in [2.75, 3.05) is 26.3 Å². The van der Waals surface area contributed by atoms with Crippen LogP contribution in [-0.4, -0.2) is 76.6 Å². The number of fused-ring (bicyclic) bond motifs is 1. The quantitative estimate of drug-likeness (QED) is 0.396.